The number of nitrogens with zero attached hydrogens (tertiary/aromatic N) is 1. The van der Waals surface area contributed by atoms with E-state index in [1.807, 2.05) is 6.92 Å². The highest BCUT2D eigenvalue weighted by Crippen LogP contribution is 2.30. The lowest BCUT2D eigenvalue weighted by Gasteiger charge is -2.31. The summed E-state index contributed by atoms with van der Waals surface area (Å²) >= 11 is 0. The molecule has 0 amide bonds. The van der Waals surface area contributed by atoms with Gasteiger partial charge in [0.15, 0.2) is 0 Å². The van der Waals surface area contributed by atoms with Gasteiger partial charge in [-0.3, -0.25) is 0 Å². The Morgan fingerprint density at radius 2 is 2.05 bits per heavy atom. The molecular formula is C17H25NO2. The zero-order chi connectivity index (χ0) is 14.5. The molecule has 1 aliphatic heterocycles. The number of hydrogen-bond donors (Lipinski definition) is 0. The van der Waals surface area contributed by atoms with Crippen LogP contribution in [0, 0.1) is 0 Å². The first kappa shape index (κ1) is 14.9. The van der Waals surface area contributed by atoms with Crippen LogP contribution in [-0.4, -0.2) is 37.8 Å². The lowest BCUT2D eigenvalue weighted by molar-refractivity contribution is 0.0641. The summed E-state index contributed by atoms with van der Waals surface area (Å²) in [6.07, 6.45) is 0. The molecule has 1 aromatic rings. The van der Waals surface area contributed by atoms with Crippen LogP contribution in [0.4, 0.5) is 0 Å². The molecule has 2 rings (SSSR count). The third-order valence-corrected chi connectivity index (χ3v) is 3.66. The number of benzene rings is 1. The van der Waals surface area contributed by atoms with Crippen LogP contribution in [0.15, 0.2) is 24.8 Å². The average molecular weight is 275 g/mol. The summed E-state index contributed by atoms with van der Waals surface area (Å²) in [5.41, 5.74) is 3.45. The number of rotatable bonds is 5. The lowest BCUT2D eigenvalue weighted by Crippen LogP contribution is -2.34. The van der Waals surface area contributed by atoms with Crippen LogP contribution in [0.1, 0.15) is 37.8 Å². The van der Waals surface area contributed by atoms with Crippen molar-refractivity contribution in [1.29, 1.82) is 0 Å². The minimum absolute atomic E-state index is 0.460. The van der Waals surface area contributed by atoms with Crippen molar-refractivity contribution in [3.05, 3.63) is 35.9 Å². The summed E-state index contributed by atoms with van der Waals surface area (Å²) in [4.78, 5) is 2.28. The van der Waals surface area contributed by atoms with Crippen molar-refractivity contribution in [2.45, 2.75) is 26.7 Å². The molecule has 1 saturated heterocycles. The van der Waals surface area contributed by atoms with E-state index in [1.165, 1.54) is 5.56 Å². The Hall–Kier alpha value is -1.48. The first-order valence-corrected chi connectivity index (χ1v) is 7.42. The third-order valence-electron chi connectivity index (χ3n) is 3.66. The maximum atomic E-state index is 5.79. The molecule has 0 aliphatic carbocycles. The first-order valence-electron chi connectivity index (χ1n) is 7.42. The summed E-state index contributed by atoms with van der Waals surface area (Å²) in [7, 11) is 0. The first-order chi connectivity index (χ1) is 9.63. The smallest absolute Gasteiger partial charge is 0.123 e. The fourth-order valence-corrected chi connectivity index (χ4v) is 2.49. The van der Waals surface area contributed by atoms with Crippen molar-refractivity contribution in [1.82, 2.24) is 4.90 Å². The van der Waals surface area contributed by atoms with Crippen molar-refractivity contribution < 1.29 is 9.47 Å². The van der Waals surface area contributed by atoms with E-state index >= 15 is 0 Å². The predicted octanol–water partition coefficient (Wildman–Crippen LogP) is 3.51. The molecule has 0 spiro atoms. The maximum absolute atomic E-state index is 5.79. The third kappa shape index (κ3) is 3.34. The van der Waals surface area contributed by atoms with E-state index in [1.54, 1.807) is 0 Å². The van der Waals surface area contributed by atoms with E-state index < -0.39 is 0 Å². The molecule has 0 saturated carbocycles. The predicted molar refractivity (Wildman–Crippen MR) is 83.1 cm³/mol. The van der Waals surface area contributed by atoms with Crippen molar-refractivity contribution in [3.63, 3.8) is 0 Å². The van der Waals surface area contributed by atoms with Gasteiger partial charge < -0.3 is 14.4 Å². The minimum atomic E-state index is 0.460. The Balaban J connectivity index is 2.23. The van der Waals surface area contributed by atoms with Gasteiger partial charge in [0, 0.05) is 24.4 Å². The summed E-state index contributed by atoms with van der Waals surface area (Å²) in [5.74, 6) is 1.44. The standard InChI is InChI=1S/C17H25NO2/c1-5-20-17-12-15(6-7-16(17)13(2)3)14(4)18-8-10-19-11-9-18/h6-7,12-13H,4-5,8-11H2,1-3H3. The molecule has 0 N–H and O–H groups in total. The highest BCUT2D eigenvalue weighted by atomic mass is 16.5. The van der Waals surface area contributed by atoms with Crippen LogP contribution in [0.25, 0.3) is 5.70 Å². The van der Waals surface area contributed by atoms with Gasteiger partial charge in [-0.2, -0.15) is 0 Å². The second kappa shape index (κ2) is 6.80. The largest absolute Gasteiger partial charge is 0.494 e. The summed E-state index contributed by atoms with van der Waals surface area (Å²) in [6.45, 7) is 14.7. The van der Waals surface area contributed by atoms with Gasteiger partial charge in [0.05, 0.1) is 19.8 Å². The van der Waals surface area contributed by atoms with Gasteiger partial charge >= 0.3 is 0 Å². The molecule has 3 heteroatoms. The second-order valence-electron chi connectivity index (χ2n) is 5.39. The zero-order valence-electron chi connectivity index (χ0n) is 12.8. The molecule has 0 aromatic heterocycles. The van der Waals surface area contributed by atoms with Gasteiger partial charge in [0.25, 0.3) is 0 Å². The Labute approximate surface area is 122 Å². The van der Waals surface area contributed by atoms with Crippen molar-refractivity contribution in [2.24, 2.45) is 0 Å². The highest BCUT2D eigenvalue weighted by Gasteiger charge is 2.16. The van der Waals surface area contributed by atoms with Crippen LogP contribution in [0.3, 0.4) is 0 Å². The Morgan fingerprint density at radius 3 is 2.65 bits per heavy atom. The molecule has 3 nitrogen and oxygen atoms in total. The summed E-state index contributed by atoms with van der Waals surface area (Å²) < 4.78 is 11.2. The van der Waals surface area contributed by atoms with Crippen LogP contribution in [0.5, 0.6) is 5.75 Å². The molecule has 0 atom stereocenters. The molecule has 1 aliphatic rings. The Kier molecular flexibility index (Phi) is 5.07. The average Bonchev–Trinajstić information content (AvgIpc) is 2.47. The van der Waals surface area contributed by atoms with E-state index in [-0.39, 0.29) is 0 Å². The lowest BCUT2D eigenvalue weighted by atomic mass is 9.99. The normalized spacial score (nSPS) is 15.5. The van der Waals surface area contributed by atoms with Crippen LogP contribution in [0.2, 0.25) is 0 Å². The number of morpholine rings is 1. The fraction of sp³-hybridized carbons (Fsp3) is 0.529. The van der Waals surface area contributed by atoms with Crippen molar-refractivity contribution >= 4 is 5.70 Å². The minimum Gasteiger partial charge on any atom is -0.494 e. The molecule has 0 radical (unpaired) electrons. The molecule has 110 valence electrons. The molecule has 1 fully saturated rings. The van der Waals surface area contributed by atoms with Gasteiger partial charge in [-0.1, -0.05) is 32.6 Å². The fourth-order valence-electron chi connectivity index (χ4n) is 2.49. The van der Waals surface area contributed by atoms with Gasteiger partial charge in [-0.25, -0.2) is 0 Å². The molecule has 0 bridgehead atoms. The zero-order valence-corrected chi connectivity index (χ0v) is 12.8. The number of ether oxygens (including phenoxy) is 2. The monoisotopic (exact) mass is 275 g/mol. The van der Waals surface area contributed by atoms with E-state index in [4.69, 9.17) is 9.47 Å². The summed E-state index contributed by atoms with van der Waals surface area (Å²) in [6, 6.07) is 6.43. The molecule has 0 unspecified atom stereocenters. The van der Waals surface area contributed by atoms with Crippen molar-refractivity contribution in [2.75, 3.05) is 32.9 Å². The molecule has 1 aromatic carbocycles. The molecule has 20 heavy (non-hydrogen) atoms. The topological polar surface area (TPSA) is 21.7 Å². The second-order valence-corrected chi connectivity index (χ2v) is 5.39. The maximum Gasteiger partial charge on any atom is 0.123 e. The SMILES string of the molecule is C=C(c1ccc(C(C)C)c(OCC)c1)N1CCOCC1. The van der Waals surface area contributed by atoms with E-state index in [0.717, 1.165) is 43.3 Å². The van der Waals surface area contributed by atoms with Gasteiger partial charge in [0.1, 0.15) is 5.75 Å². The quantitative estimate of drug-likeness (QED) is 0.821. The van der Waals surface area contributed by atoms with Crippen molar-refractivity contribution in [3.8, 4) is 5.75 Å². The van der Waals surface area contributed by atoms with Crippen LogP contribution in [-0.2, 0) is 4.74 Å². The molecular weight excluding hydrogens is 250 g/mol. The van der Waals surface area contributed by atoms with E-state index in [2.05, 4.69) is 43.5 Å². The summed E-state index contributed by atoms with van der Waals surface area (Å²) in [5, 5.41) is 0. The Bertz CT molecular complexity index is 462. The van der Waals surface area contributed by atoms with Crippen LogP contribution < -0.4 is 4.74 Å². The van der Waals surface area contributed by atoms with E-state index in [0.29, 0.717) is 12.5 Å². The van der Waals surface area contributed by atoms with Gasteiger partial charge in [0.2, 0.25) is 0 Å². The van der Waals surface area contributed by atoms with Gasteiger partial charge in [-0.05, 0) is 24.5 Å². The van der Waals surface area contributed by atoms with Crippen LogP contribution >= 0.6 is 0 Å². The number of hydrogen-bond acceptors (Lipinski definition) is 3. The Morgan fingerprint density at radius 1 is 1.35 bits per heavy atom. The molecule has 1 heterocycles. The van der Waals surface area contributed by atoms with E-state index in [9.17, 15) is 0 Å². The highest BCUT2D eigenvalue weighted by molar-refractivity contribution is 5.64. The van der Waals surface area contributed by atoms with Gasteiger partial charge in [-0.15, -0.1) is 0 Å².